The van der Waals surface area contributed by atoms with Crippen molar-refractivity contribution in [3.63, 3.8) is 0 Å². The number of benzene rings is 2. The molecule has 0 saturated heterocycles. The van der Waals surface area contributed by atoms with Gasteiger partial charge in [0.2, 0.25) is 15.9 Å². The molecule has 2 aromatic carbocycles. The van der Waals surface area contributed by atoms with E-state index in [-0.39, 0.29) is 5.91 Å². The molecule has 152 valence electrons. The summed E-state index contributed by atoms with van der Waals surface area (Å²) in [6, 6.07) is 11.6. The molecule has 0 aromatic heterocycles. The maximum Gasteiger partial charge on any atom is 0.248 e. The minimum atomic E-state index is -3.70. The van der Waals surface area contributed by atoms with Crippen LogP contribution in [0.4, 0.5) is 11.4 Å². The Balaban J connectivity index is 2.45. The summed E-state index contributed by atoms with van der Waals surface area (Å²) in [7, 11) is -2.19. The molecule has 0 bridgehead atoms. The van der Waals surface area contributed by atoms with E-state index in [1.807, 2.05) is 32.0 Å². The van der Waals surface area contributed by atoms with Crippen LogP contribution in [0.2, 0.25) is 0 Å². The van der Waals surface area contributed by atoms with Crippen molar-refractivity contribution in [3.05, 3.63) is 53.6 Å². The van der Waals surface area contributed by atoms with Crippen molar-refractivity contribution in [3.8, 4) is 5.75 Å². The lowest BCUT2D eigenvalue weighted by molar-refractivity contribution is -0.117. The molecule has 0 aliphatic carbocycles. The second-order valence-electron chi connectivity index (χ2n) is 6.64. The van der Waals surface area contributed by atoms with Crippen LogP contribution in [0.1, 0.15) is 31.4 Å². The Hall–Kier alpha value is -2.54. The predicted octanol–water partition coefficient (Wildman–Crippen LogP) is 3.75. The first kappa shape index (κ1) is 21.8. The van der Waals surface area contributed by atoms with Crippen LogP contribution in [0.25, 0.3) is 0 Å². The first-order valence-electron chi connectivity index (χ1n) is 9.25. The SMILES string of the molecule is CCc1cccc(C)c1NC(=O)C(CC)N(c1cccc(OC)c1)S(C)(=O)=O. The Bertz CT molecular complexity index is 941. The highest BCUT2D eigenvalue weighted by atomic mass is 32.2. The van der Waals surface area contributed by atoms with Crippen LogP contribution in [0.15, 0.2) is 42.5 Å². The van der Waals surface area contributed by atoms with Crippen LogP contribution in [0.3, 0.4) is 0 Å². The average molecular weight is 405 g/mol. The van der Waals surface area contributed by atoms with E-state index in [0.29, 0.717) is 17.9 Å². The van der Waals surface area contributed by atoms with Gasteiger partial charge in [0, 0.05) is 11.8 Å². The van der Waals surface area contributed by atoms with Crippen molar-refractivity contribution in [2.45, 2.75) is 39.7 Å². The second-order valence-corrected chi connectivity index (χ2v) is 8.50. The second kappa shape index (κ2) is 9.10. The van der Waals surface area contributed by atoms with Crippen LogP contribution >= 0.6 is 0 Å². The van der Waals surface area contributed by atoms with E-state index in [1.54, 1.807) is 31.2 Å². The van der Waals surface area contributed by atoms with Gasteiger partial charge in [-0.25, -0.2) is 8.42 Å². The largest absolute Gasteiger partial charge is 0.497 e. The van der Waals surface area contributed by atoms with Gasteiger partial charge in [0.1, 0.15) is 11.8 Å². The molecule has 2 aromatic rings. The standard InChI is InChI=1S/C21H28N2O4S/c1-6-16-11-8-10-15(3)20(16)22-21(24)19(7-2)23(28(5,25)26)17-12-9-13-18(14-17)27-4/h8-14,19H,6-7H2,1-5H3,(H,22,24). The van der Waals surface area contributed by atoms with E-state index in [4.69, 9.17) is 4.74 Å². The third-order valence-electron chi connectivity index (χ3n) is 4.63. The number of para-hydroxylation sites is 1. The Morgan fingerprint density at radius 2 is 1.86 bits per heavy atom. The van der Waals surface area contributed by atoms with Crippen LogP contribution in [-0.4, -0.2) is 33.7 Å². The molecule has 1 N–H and O–H groups in total. The van der Waals surface area contributed by atoms with Crippen molar-refractivity contribution in [1.82, 2.24) is 0 Å². The number of nitrogens with zero attached hydrogens (tertiary/aromatic N) is 1. The Kier molecular flexibility index (Phi) is 7.07. The number of hydrogen-bond donors (Lipinski definition) is 1. The zero-order valence-corrected chi connectivity index (χ0v) is 17.8. The van der Waals surface area contributed by atoms with E-state index in [9.17, 15) is 13.2 Å². The number of methoxy groups -OCH3 is 1. The van der Waals surface area contributed by atoms with Crippen LogP contribution in [0.5, 0.6) is 5.75 Å². The van der Waals surface area contributed by atoms with Gasteiger partial charge in [0.25, 0.3) is 0 Å². The molecule has 1 atom stereocenters. The highest BCUT2D eigenvalue weighted by Gasteiger charge is 2.32. The van der Waals surface area contributed by atoms with Crippen molar-refractivity contribution in [2.75, 3.05) is 23.0 Å². The summed E-state index contributed by atoms with van der Waals surface area (Å²) in [5.74, 6) is 0.160. The number of carbonyl (C=O) groups excluding carboxylic acids is 1. The number of anilines is 2. The number of aryl methyl sites for hydroxylation is 2. The van der Waals surface area contributed by atoms with Gasteiger partial charge in [0.15, 0.2) is 0 Å². The predicted molar refractivity (Wildman–Crippen MR) is 114 cm³/mol. The van der Waals surface area contributed by atoms with Gasteiger partial charge in [-0.15, -0.1) is 0 Å². The third-order valence-corrected chi connectivity index (χ3v) is 5.81. The first-order valence-corrected chi connectivity index (χ1v) is 11.1. The number of amides is 1. The summed E-state index contributed by atoms with van der Waals surface area (Å²) >= 11 is 0. The summed E-state index contributed by atoms with van der Waals surface area (Å²) in [5.41, 5.74) is 3.09. The molecule has 0 aliphatic heterocycles. The average Bonchev–Trinajstić information content (AvgIpc) is 2.66. The normalized spacial score (nSPS) is 12.3. The Morgan fingerprint density at radius 3 is 2.43 bits per heavy atom. The fourth-order valence-corrected chi connectivity index (χ4v) is 4.42. The minimum Gasteiger partial charge on any atom is -0.497 e. The van der Waals surface area contributed by atoms with Gasteiger partial charge >= 0.3 is 0 Å². The van der Waals surface area contributed by atoms with Gasteiger partial charge in [-0.1, -0.05) is 38.1 Å². The summed E-state index contributed by atoms with van der Waals surface area (Å²) in [5, 5.41) is 2.96. The summed E-state index contributed by atoms with van der Waals surface area (Å²) < 4.78 is 31.5. The molecule has 0 radical (unpaired) electrons. The summed E-state index contributed by atoms with van der Waals surface area (Å²) in [4.78, 5) is 13.1. The topological polar surface area (TPSA) is 75.7 Å². The molecule has 6 nitrogen and oxygen atoms in total. The highest BCUT2D eigenvalue weighted by Crippen LogP contribution is 2.28. The molecule has 0 fully saturated rings. The summed E-state index contributed by atoms with van der Waals surface area (Å²) in [6.45, 7) is 5.73. The zero-order valence-electron chi connectivity index (χ0n) is 17.0. The Labute approximate surface area is 167 Å². The third kappa shape index (κ3) is 4.84. The fourth-order valence-electron chi connectivity index (χ4n) is 3.22. The number of rotatable bonds is 8. The number of carbonyl (C=O) groups is 1. The minimum absolute atomic E-state index is 0.323. The van der Waals surface area contributed by atoms with Gasteiger partial charge in [-0.05, 0) is 43.0 Å². The molecule has 0 aliphatic rings. The van der Waals surface area contributed by atoms with Crippen LogP contribution in [0, 0.1) is 6.92 Å². The molecule has 0 spiro atoms. The van der Waals surface area contributed by atoms with E-state index in [0.717, 1.165) is 33.8 Å². The lowest BCUT2D eigenvalue weighted by atomic mass is 10.0. The van der Waals surface area contributed by atoms with Gasteiger partial charge in [0.05, 0.1) is 19.1 Å². The number of nitrogens with one attached hydrogen (secondary N) is 1. The van der Waals surface area contributed by atoms with Crippen LogP contribution in [-0.2, 0) is 21.2 Å². The lowest BCUT2D eigenvalue weighted by Gasteiger charge is -2.30. The monoisotopic (exact) mass is 404 g/mol. The molecular weight excluding hydrogens is 376 g/mol. The molecule has 7 heteroatoms. The van der Waals surface area contributed by atoms with Gasteiger partial charge in [-0.2, -0.15) is 0 Å². The maximum atomic E-state index is 13.1. The highest BCUT2D eigenvalue weighted by molar-refractivity contribution is 7.92. The zero-order chi connectivity index (χ0) is 20.9. The number of hydrogen-bond acceptors (Lipinski definition) is 4. The molecule has 1 unspecified atom stereocenters. The molecule has 28 heavy (non-hydrogen) atoms. The summed E-state index contributed by atoms with van der Waals surface area (Å²) in [6.07, 6.45) is 2.19. The fraction of sp³-hybridized carbons (Fsp3) is 0.381. The van der Waals surface area contributed by atoms with Crippen molar-refractivity contribution >= 4 is 27.3 Å². The van der Waals surface area contributed by atoms with Gasteiger partial charge in [-0.3, -0.25) is 9.10 Å². The number of sulfonamides is 1. The molecule has 1 amide bonds. The molecular formula is C21H28N2O4S. The maximum absolute atomic E-state index is 13.1. The number of ether oxygens (including phenoxy) is 1. The van der Waals surface area contributed by atoms with Crippen molar-refractivity contribution in [2.24, 2.45) is 0 Å². The lowest BCUT2D eigenvalue weighted by Crippen LogP contribution is -2.47. The molecule has 0 heterocycles. The molecule has 0 saturated carbocycles. The quantitative estimate of drug-likeness (QED) is 0.727. The van der Waals surface area contributed by atoms with Crippen molar-refractivity contribution < 1.29 is 17.9 Å². The van der Waals surface area contributed by atoms with E-state index < -0.39 is 16.1 Å². The van der Waals surface area contributed by atoms with Crippen molar-refractivity contribution in [1.29, 1.82) is 0 Å². The van der Waals surface area contributed by atoms with Crippen LogP contribution < -0.4 is 14.4 Å². The molecule has 2 rings (SSSR count). The first-order chi connectivity index (χ1) is 13.2. The van der Waals surface area contributed by atoms with E-state index >= 15 is 0 Å². The van der Waals surface area contributed by atoms with E-state index in [2.05, 4.69) is 5.32 Å². The Morgan fingerprint density at radius 1 is 1.18 bits per heavy atom. The van der Waals surface area contributed by atoms with E-state index in [1.165, 1.54) is 7.11 Å². The smallest absolute Gasteiger partial charge is 0.248 e. The van der Waals surface area contributed by atoms with Gasteiger partial charge < -0.3 is 10.1 Å².